The van der Waals surface area contributed by atoms with Gasteiger partial charge in [-0.1, -0.05) is 109 Å². The molecule has 1 saturated heterocycles. The molecule has 1 aliphatic heterocycles. The first kappa shape index (κ1) is 45.1. The minimum atomic E-state index is -0.796. The van der Waals surface area contributed by atoms with Gasteiger partial charge in [-0.3, -0.25) is 19.2 Å². The summed E-state index contributed by atoms with van der Waals surface area (Å²) in [6.45, 7) is 20.2. The van der Waals surface area contributed by atoms with E-state index in [1.165, 1.54) is 30.1 Å². The van der Waals surface area contributed by atoms with Gasteiger partial charge in [-0.25, -0.2) is 0 Å². The number of aliphatic carboxylic acids is 2. The van der Waals surface area contributed by atoms with E-state index in [4.69, 9.17) is 19.7 Å². The van der Waals surface area contributed by atoms with Crippen LogP contribution in [0.2, 0.25) is 0 Å². The van der Waals surface area contributed by atoms with Crippen LogP contribution in [0.15, 0.2) is 11.1 Å². The van der Waals surface area contributed by atoms with Crippen molar-refractivity contribution < 1.29 is 38.9 Å². The van der Waals surface area contributed by atoms with Crippen LogP contribution in [0.25, 0.3) is 0 Å². The molecule has 5 aliphatic rings. The number of allylic oxidation sites excluding steroid dienone is 2. The third kappa shape index (κ3) is 8.97. The highest BCUT2D eigenvalue weighted by Gasteiger charge is 2.68. The van der Waals surface area contributed by atoms with Crippen LogP contribution in [0.3, 0.4) is 0 Å². The van der Waals surface area contributed by atoms with Gasteiger partial charge in [0.25, 0.3) is 0 Å². The van der Waals surface area contributed by atoms with Gasteiger partial charge in [0.2, 0.25) is 0 Å². The van der Waals surface area contributed by atoms with Gasteiger partial charge in [-0.2, -0.15) is 0 Å². The minimum Gasteiger partial charge on any atom is -0.481 e. The van der Waals surface area contributed by atoms with Crippen LogP contribution in [0.1, 0.15) is 139 Å². The van der Waals surface area contributed by atoms with Crippen molar-refractivity contribution >= 4 is 67.1 Å². The molecule has 312 valence electrons. The van der Waals surface area contributed by atoms with Gasteiger partial charge >= 0.3 is 23.9 Å². The Bertz CT molecular complexity index is 1480. The fraction of sp³-hybridized carbons (Fsp3) is 0.860. The zero-order chi connectivity index (χ0) is 40.6. The van der Waals surface area contributed by atoms with E-state index in [0.29, 0.717) is 40.8 Å². The molecule has 11 atom stereocenters. The monoisotopic (exact) mass is 840 g/mol. The lowest BCUT2D eigenvalue weighted by atomic mass is 9.42. The molecule has 12 heteroatoms. The zero-order valence-corrected chi connectivity index (χ0v) is 38.1. The minimum absolute atomic E-state index is 0.0307. The van der Waals surface area contributed by atoms with Gasteiger partial charge in [-0.15, -0.1) is 0 Å². The highest BCUT2D eigenvalue weighted by atomic mass is 33.1. The van der Waals surface area contributed by atoms with E-state index in [1.807, 2.05) is 20.8 Å². The number of hydrogen-bond donors (Lipinski definition) is 2. The van der Waals surface area contributed by atoms with Crippen molar-refractivity contribution in [3.63, 3.8) is 0 Å². The standard InChI is InChI=1S/C43H68O8S4/c1-26(11-10-18-39(4,5)51-37(48)28(3)24-54-53-23-27(2)36(46)47)29-14-20-42(8)31-12-13-33-40(6,30(31)15-21-41(29,42)7)19-16-34-43(33,9)32(38(49)50-34)25-55-52-22-17-35(44)45/h26-29,32-34H,10-25H2,1-9H3,(H,44,45)(H,46,47)/t26-,27?,28?,29-,32?,33-,34?,40-,41-,42+,43?/m1/s1. The Labute approximate surface area is 346 Å². The summed E-state index contributed by atoms with van der Waals surface area (Å²) in [5, 5.41) is 18.2. The topological polar surface area (TPSA) is 127 Å². The van der Waals surface area contributed by atoms with E-state index in [1.54, 1.807) is 50.5 Å². The van der Waals surface area contributed by atoms with Gasteiger partial charge in [0.1, 0.15) is 11.7 Å². The van der Waals surface area contributed by atoms with Crippen molar-refractivity contribution in [3.05, 3.63) is 11.1 Å². The third-order valence-corrected chi connectivity index (χ3v) is 20.7. The van der Waals surface area contributed by atoms with Crippen LogP contribution >= 0.6 is 43.2 Å². The summed E-state index contributed by atoms with van der Waals surface area (Å²) < 4.78 is 12.2. The van der Waals surface area contributed by atoms with Gasteiger partial charge in [0, 0.05) is 28.4 Å². The van der Waals surface area contributed by atoms with Crippen molar-refractivity contribution in [2.24, 2.45) is 57.2 Å². The van der Waals surface area contributed by atoms with Gasteiger partial charge < -0.3 is 19.7 Å². The molecule has 4 aliphatic carbocycles. The van der Waals surface area contributed by atoms with E-state index in [9.17, 15) is 19.2 Å². The molecule has 0 bridgehead atoms. The molecule has 5 rings (SSSR count). The van der Waals surface area contributed by atoms with Crippen molar-refractivity contribution in [3.8, 4) is 0 Å². The number of fused-ring (bicyclic) bond motifs is 6. The number of carbonyl (C=O) groups excluding carboxylic acids is 2. The first-order chi connectivity index (χ1) is 25.7. The van der Waals surface area contributed by atoms with Crippen LogP contribution in [0.5, 0.6) is 0 Å². The Morgan fingerprint density at radius 2 is 1.58 bits per heavy atom. The molecule has 0 aromatic rings. The SMILES string of the molecule is CC(CSSCC(C)C(=O)OC(C)(C)CCC[C@@H](C)[C@H]1CC[C@@]2(C)C3=C(CC[C@]12C)[C@@]1(C)CCC2OC(=O)C(CSSCCC(=O)O)C2(C)[C@@H]1CC3)C(=O)O. The molecule has 3 fully saturated rings. The number of carboxylic acids is 2. The van der Waals surface area contributed by atoms with Gasteiger partial charge in [-0.05, 0) is 112 Å². The normalized spacial score (nSPS) is 35.8. The van der Waals surface area contributed by atoms with Crippen LogP contribution in [0.4, 0.5) is 0 Å². The second-order valence-corrected chi connectivity index (χ2v) is 24.4. The molecule has 5 unspecified atom stereocenters. The smallest absolute Gasteiger partial charge is 0.310 e. The molecule has 0 amide bonds. The van der Waals surface area contributed by atoms with Crippen molar-refractivity contribution in [2.75, 3.05) is 23.0 Å². The summed E-state index contributed by atoms with van der Waals surface area (Å²) in [7, 11) is 6.25. The van der Waals surface area contributed by atoms with E-state index in [-0.39, 0.29) is 58.0 Å². The van der Waals surface area contributed by atoms with Crippen LogP contribution in [0, 0.1) is 57.2 Å². The average molecular weight is 841 g/mol. The molecular formula is C43H68O8S4. The summed E-state index contributed by atoms with van der Waals surface area (Å²) in [5.74, 6) is 1.34. The Morgan fingerprint density at radius 1 is 0.891 bits per heavy atom. The van der Waals surface area contributed by atoms with Crippen molar-refractivity contribution in [1.29, 1.82) is 0 Å². The number of carbonyl (C=O) groups is 4. The molecule has 0 aromatic heterocycles. The number of carboxylic acid groups (broad SMARTS) is 2. The van der Waals surface area contributed by atoms with Gasteiger partial charge in [0.15, 0.2) is 0 Å². The quantitative estimate of drug-likeness (QED) is 0.0556. The molecule has 0 aromatic carbocycles. The maximum atomic E-state index is 13.4. The lowest BCUT2D eigenvalue weighted by molar-refractivity contribution is -0.161. The zero-order valence-electron chi connectivity index (χ0n) is 34.8. The molecule has 2 saturated carbocycles. The number of ether oxygens (including phenoxy) is 2. The first-order valence-corrected chi connectivity index (χ1v) is 25.8. The van der Waals surface area contributed by atoms with E-state index < -0.39 is 23.5 Å². The second kappa shape index (κ2) is 17.7. The Hall–Kier alpha value is -0.980. The predicted molar refractivity (Wildman–Crippen MR) is 228 cm³/mol. The fourth-order valence-corrected chi connectivity index (χ4v) is 17.0. The van der Waals surface area contributed by atoms with Crippen molar-refractivity contribution in [2.45, 2.75) is 151 Å². The maximum absolute atomic E-state index is 13.4. The first-order valence-electron chi connectivity index (χ1n) is 20.8. The molecular weight excluding hydrogens is 773 g/mol. The number of rotatable bonds is 19. The summed E-state index contributed by atoms with van der Waals surface area (Å²) in [5.41, 5.74) is 3.19. The average Bonchev–Trinajstić information content (AvgIpc) is 3.53. The van der Waals surface area contributed by atoms with Crippen LogP contribution < -0.4 is 0 Å². The summed E-state index contributed by atoms with van der Waals surface area (Å²) in [6, 6.07) is 0. The summed E-state index contributed by atoms with van der Waals surface area (Å²) in [4.78, 5) is 48.5. The number of esters is 2. The molecule has 55 heavy (non-hydrogen) atoms. The lowest BCUT2D eigenvalue weighted by Gasteiger charge is -2.62. The molecule has 0 spiro atoms. The van der Waals surface area contributed by atoms with Gasteiger partial charge in [0.05, 0.1) is 24.2 Å². The highest BCUT2D eigenvalue weighted by Crippen LogP contribution is 2.74. The van der Waals surface area contributed by atoms with Crippen molar-refractivity contribution in [1.82, 2.24) is 0 Å². The highest BCUT2D eigenvalue weighted by molar-refractivity contribution is 8.77. The Balaban J connectivity index is 1.19. The molecule has 0 radical (unpaired) electrons. The lowest BCUT2D eigenvalue weighted by Crippen LogP contribution is -2.56. The van der Waals surface area contributed by atoms with Crippen LogP contribution in [-0.4, -0.2) is 68.8 Å². The second-order valence-electron chi connectivity index (χ2n) is 19.3. The Kier molecular flexibility index (Phi) is 14.5. The summed E-state index contributed by atoms with van der Waals surface area (Å²) in [6.07, 6.45) is 12.1. The molecule has 2 N–H and O–H groups in total. The summed E-state index contributed by atoms with van der Waals surface area (Å²) >= 11 is 0. The fourth-order valence-electron chi connectivity index (χ4n) is 12.0. The Morgan fingerprint density at radius 3 is 2.25 bits per heavy atom. The third-order valence-electron chi connectivity index (χ3n) is 15.5. The van der Waals surface area contributed by atoms with E-state index >= 15 is 0 Å². The molecule has 8 nitrogen and oxygen atoms in total. The van der Waals surface area contributed by atoms with Crippen LogP contribution in [-0.2, 0) is 28.7 Å². The van der Waals surface area contributed by atoms with E-state index in [2.05, 4.69) is 34.6 Å². The predicted octanol–water partition coefficient (Wildman–Crippen LogP) is 11.0. The van der Waals surface area contributed by atoms with E-state index in [0.717, 1.165) is 51.4 Å². The maximum Gasteiger partial charge on any atom is 0.310 e. The number of hydrogen-bond acceptors (Lipinski definition) is 10. The largest absolute Gasteiger partial charge is 0.481 e. The molecule has 1 heterocycles.